The van der Waals surface area contributed by atoms with Gasteiger partial charge in [-0.05, 0) is 55.0 Å². The van der Waals surface area contributed by atoms with Gasteiger partial charge in [0.25, 0.3) is 0 Å². The Labute approximate surface area is 173 Å². The number of carbonyl (C=O) groups is 4. The van der Waals surface area contributed by atoms with E-state index in [1.54, 1.807) is 0 Å². The quantitative estimate of drug-likeness (QED) is 0.350. The summed E-state index contributed by atoms with van der Waals surface area (Å²) in [7, 11) is 1.27. The lowest BCUT2D eigenvalue weighted by Crippen LogP contribution is -2.14. The Bertz CT molecular complexity index is 884. The summed E-state index contributed by atoms with van der Waals surface area (Å²) in [6, 6.07) is 11.6. The Morgan fingerprint density at radius 1 is 0.567 bits per heavy atom. The van der Waals surface area contributed by atoms with Crippen LogP contribution in [0.25, 0.3) is 0 Å². The SMILES string of the molecule is CCCOC(=O)c1ccc(C(=O)OCCOC(=O)c2ccc(C(=O)OC)cc2)cc1. The van der Waals surface area contributed by atoms with Gasteiger partial charge < -0.3 is 18.9 Å². The third-order valence-corrected chi connectivity index (χ3v) is 3.88. The molecule has 0 aliphatic carbocycles. The average Bonchev–Trinajstić information content (AvgIpc) is 2.79. The number of rotatable bonds is 9. The molecule has 0 saturated carbocycles. The van der Waals surface area contributed by atoms with Gasteiger partial charge in [0, 0.05) is 0 Å². The first-order valence-corrected chi connectivity index (χ1v) is 9.26. The van der Waals surface area contributed by atoms with Crippen molar-refractivity contribution in [2.45, 2.75) is 13.3 Å². The second-order valence-electron chi connectivity index (χ2n) is 6.05. The van der Waals surface area contributed by atoms with Crippen LogP contribution in [0.15, 0.2) is 48.5 Å². The van der Waals surface area contributed by atoms with Crippen molar-refractivity contribution in [1.29, 1.82) is 0 Å². The first-order chi connectivity index (χ1) is 14.5. The summed E-state index contributed by atoms with van der Waals surface area (Å²) in [4.78, 5) is 47.1. The van der Waals surface area contributed by atoms with Crippen molar-refractivity contribution in [3.05, 3.63) is 70.8 Å². The highest BCUT2D eigenvalue weighted by Gasteiger charge is 2.12. The summed E-state index contributed by atoms with van der Waals surface area (Å²) in [5.41, 5.74) is 1.16. The van der Waals surface area contributed by atoms with Gasteiger partial charge in [-0.3, -0.25) is 0 Å². The minimum atomic E-state index is -0.614. The maximum atomic E-state index is 12.0. The van der Waals surface area contributed by atoms with Crippen LogP contribution in [-0.4, -0.2) is 50.8 Å². The minimum absolute atomic E-state index is 0.134. The zero-order valence-corrected chi connectivity index (χ0v) is 16.7. The molecule has 0 aliphatic heterocycles. The minimum Gasteiger partial charge on any atom is -0.465 e. The van der Waals surface area contributed by atoms with Crippen LogP contribution in [0.4, 0.5) is 0 Å². The van der Waals surface area contributed by atoms with Crippen LogP contribution in [0.3, 0.4) is 0 Å². The average molecular weight is 414 g/mol. The second-order valence-corrected chi connectivity index (χ2v) is 6.05. The molecule has 8 heteroatoms. The lowest BCUT2D eigenvalue weighted by molar-refractivity contribution is 0.0265. The Hall–Kier alpha value is -3.68. The largest absolute Gasteiger partial charge is 0.465 e. The summed E-state index contributed by atoms with van der Waals surface area (Å²) in [6.07, 6.45) is 0.722. The van der Waals surface area contributed by atoms with Crippen molar-refractivity contribution < 1.29 is 38.1 Å². The molecule has 0 radical (unpaired) electrons. The van der Waals surface area contributed by atoms with Crippen molar-refractivity contribution in [2.24, 2.45) is 0 Å². The van der Waals surface area contributed by atoms with Gasteiger partial charge in [-0.1, -0.05) is 6.92 Å². The zero-order chi connectivity index (χ0) is 21.9. The van der Waals surface area contributed by atoms with E-state index < -0.39 is 23.9 Å². The molecule has 2 aromatic carbocycles. The maximum absolute atomic E-state index is 12.0. The van der Waals surface area contributed by atoms with Gasteiger partial charge in [0.05, 0.1) is 36.0 Å². The maximum Gasteiger partial charge on any atom is 0.338 e. The molecule has 0 bridgehead atoms. The number of esters is 4. The lowest BCUT2D eigenvalue weighted by atomic mass is 10.1. The molecule has 0 saturated heterocycles. The highest BCUT2D eigenvalue weighted by atomic mass is 16.6. The van der Waals surface area contributed by atoms with Crippen molar-refractivity contribution in [3.8, 4) is 0 Å². The van der Waals surface area contributed by atoms with Gasteiger partial charge in [-0.2, -0.15) is 0 Å². The van der Waals surface area contributed by atoms with E-state index in [0.29, 0.717) is 17.7 Å². The molecule has 2 rings (SSSR count). The smallest absolute Gasteiger partial charge is 0.338 e. The van der Waals surface area contributed by atoms with E-state index in [1.807, 2.05) is 6.92 Å². The number of hydrogen-bond donors (Lipinski definition) is 0. The summed E-state index contributed by atoms with van der Waals surface area (Å²) in [5, 5.41) is 0. The van der Waals surface area contributed by atoms with E-state index in [1.165, 1.54) is 55.6 Å². The summed E-state index contributed by atoms with van der Waals surface area (Å²) in [6.45, 7) is 1.96. The van der Waals surface area contributed by atoms with Gasteiger partial charge in [0.15, 0.2) is 0 Å². The molecule has 30 heavy (non-hydrogen) atoms. The van der Waals surface area contributed by atoms with E-state index >= 15 is 0 Å². The molecule has 0 N–H and O–H groups in total. The Morgan fingerprint density at radius 2 is 0.867 bits per heavy atom. The van der Waals surface area contributed by atoms with Crippen molar-refractivity contribution in [1.82, 2.24) is 0 Å². The predicted octanol–water partition coefficient (Wildman–Crippen LogP) is 3.05. The second kappa shape index (κ2) is 11.4. The topological polar surface area (TPSA) is 105 Å². The number of methoxy groups -OCH3 is 1. The lowest BCUT2D eigenvalue weighted by Gasteiger charge is -2.08. The Morgan fingerprint density at radius 3 is 1.17 bits per heavy atom. The van der Waals surface area contributed by atoms with Crippen LogP contribution in [0.1, 0.15) is 54.8 Å². The molecular formula is C22H22O8. The van der Waals surface area contributed by atoms with Crippen LogP contribution in [-0.2, 0) is 18.9 Å². The predicted molar refractivity (Wildman–Crippen MR) is 105 cm³/mol. The molecule has 0 unspecified atom stereocenters. The number of hydrogen-bond acceptors (Lipinski definition) is 8. The Kier molecular flexibility index (Phi) is 8.56. The molecule has 0 fully saturated rings. The van der Waals surface area contributed by atoms with Crippen molar-refractivity contribution >= 4 is 23.9 Å². The fourth-order valence-corrected chi connectivity index (χ4v) is 2.32. The molecule has 0 aliphatic rings. The Balaban J connectivity index is 1.77. The molecule has 0 aromatic heterocycles. The van der Waals surface area contributed by atoms with Crippen LogP contribution in [0.2, 0.25) is 0 Å². The molecule has 2 aromatic rings. The van der Waals surface area contributed by atoms with Crippen molar-refractivity contribution in [3.63, 3.8) is 0 Å². The fraction of sp³-hybridized carbons (Fsp3) is 0.273. The van der Waals surface area contributed by atoms with Crippen molar-refractivity contribution in [2.75, 3.05) is 26.9 Å². The van der Waals surface area contributed by atoms with Gasteiger partial charge >= 0.3 is 23.9 Å². The summed E-state index contributed by atoms with van der Waals surface area (Å²) < 4.78 is 19.7. The van der Waals surface area contributed by atoms with E-state index in [4.69, 9.17) is 14.2 Å². The van der Waals surface area contributed by atoms with Gasteiger partial charge in [0.1, 0.15) is 13.2 Å². The molecular weight excluding hydrogens is 392 g/mol. The first kappa shape index (κ1) is 22.6. The zero-order valence-electron chi connectivity index (χ0n) is 16.7. The standard InChI is InChI=1S/C22H22O8/c1-3-12-28-20(24)16-8-10-18(11-9-16)22(26)30-14-13-29-21(25)17-6-4-15(5-7-17)19(23)27-2/h4-11H,3,12-14H2,1-2H3. The third kappa shape index (κ3) is 6.44. The number of benzene rings is 2. The van der Waals surface area contributed by atoms with Gasteiger partial charge in [-0.25, -0.2) is 19.2 Å². The normalized spacial score (nSPS) is 10.1. The van der Waals surface area contributed by atoms with E-state index in [9.17, 15) is 19.2 Å². The fourth-order valence-electron chi connectivity index (χ4n) is 2.32. The summed E-state index contributed by atoms with van der Waals surface area (Å²) in [5.74, 6) is -2.18. The van der Waals surface area contributed by atoms with E-state index in [0.717, 1.165) is 6.42 Å². The van der Waals surface area contributed by atoms with Crippen LogP contribution in [0.5, 0.6) is 0 Å². The van der Waals surface area contributed by atoms with Crippen LogP contribution >= 0.6 is 0 Å². The molecule has 0 spiro atoms. The van der Waals surface area contributed by atoms with E-state index in [-0.39, 0.29) is 24.3 Å². The molecule has 8 nitrogen and oxygen atoms in total. The van der Waals surface area contributed by atoms with Crippen LogP contribution in [0, 0.1) is 0 Å². The van der Waals surface area contributed by atoms with Gasteiger partial charge in [0.2, 0.25) is 0 Å². The van der Waals surface area contributed by atoms with Crippen LogP contribution < -0.4 is 0 Å². The number of carbonyl (C=O) groups excluding carboxylic acids is 4. The molecule has 0 heterocycles. The molecule has 0 amide bonds. The highest BCUT2D eigenvalue weighted by Crippen LogP contribution is 2.09. The molecule has 0 atom stereocenters. The first-order valence-electron chi connectivity index (χ1n) is 9.26. The van der Waals surface area contributed by atoms with Gasteiger partial charge in [-0.15, -0.1) is 0 Å². The third-order valence-electron chi connectivity index (χ3n) is 3.88. The molecule has 158 valence electrons. The van der Waals surface area contributed by atoms with E-state index in [2.05, 4.69) is 4.74 Å². The monoisotopic (exact) mass is 414 g/mol. The summed E-state index contributed by atoms with van der Waals surface area (Å²) >= 11 is 0. The highest BCUT2D eigenvalue weighted by molar-refractivity contribution is 5.94. The number of ether oxygens (including phenoxy) is 4.